The first-order valence-electron chi connectivity index (χ1n) is 7.54. The third-order valence-electron chi connectivity index (χ3n) is 3.36. The van der Waals surface area contributed by atoms with Gasteiger partial charge in [0, 0.05) is 12.2 Å². The molecule has 134 valence electrons. The van der Waals surface area contributed by atoms with Gasteiger partial charge in [0.1, 0.15) is 5.82 Å². The normalized spacial score (nSPS) is 11.2. The van der Waals surface area contributed by atoms with Crippen LogP contribution in [0.2, 0.25) is 5.02 Å². The summed E-state index contributed by atoms with van der Waals surface area (Å²) in [4.78, 5) is 12.2. The van der Waals surface area contributed by atoms with Crippen molar-refractivity contribution in [3.63, 3.8) is 0 Å². The van der Waals surface area contributed by atoms with Crippen LogP contribution in [-0.2, 0) is 16.4 Å². The number of aryl methyl sites for hydroxylation is 1. The van der Waals surface area contributed by atoms with Gasteiger partial charge in [-0.1, -0.05) is 23.7 Å². The number of anilines is 1. The molecule has 0 aliphatic heterocycles. The van der Waals surface area contributed by atoms with Crippen LogP contribution < -0.4 is 10.0 Å². The molecule has 0 heterocycles. The molecule has 0 aliphatic rings. The molecule has 2 N–H and O–H groups in total. The number of carbonyl (C=O) groups is 1. The van der Waals surface area contributed by atoms with Gasteiger partial charge in [0.2, 0.25) is 10.0 Å². The fraction of sp³-hybridized carbons (Fsp3) is 0.235. The number of amides is 1. The molecule has 0 fully saturated rings. The summed E-state index contributed by atoms with van der Waals surface area (Å²) in [5.41, 5.74) is 1.44. The van der Waals surface area contributed by atoms with Crippen molar-refractivity contribution in [2.75, 3.05) is 17.5 Å². The van der Waals surface area contributed by atoms with E-state index < -0.39 is 10.0 Å². The number of rotatable bonds is 7. The lowest BCUT2D eigenvalue weighted by atomic mass is 10.1. The predicted molar refractivity (Wildman–Crippen MR) is 97.0 cm³/mol. The van der Waals surface area contributed by atoms with Gasteiger partial charge >= 0.3 is 0 Å². The van der Waals surface area contributed by atoms with Crippen LogP contribution in [0.1, 0.15) is 22.3 Å². The van der Waals surface area contributed by atoms with E-state index in [0.29, 0.717) is 19.4 Å². The molecule has 0 aliphatic carbocycles. The first-order chi connectivity index (χ1) is 11.7. The van der Waals surface area contributed by atoms with Crippen molar-refractivity contribution in [1.82, 2.24) is 5.32 Å². The highest BCUT2D eigenvalue weighted by Crippen LogP contribution is 2.21. The van der Waals surface area contributed by atoms with Gasteiger partial charge in [0.05, 0.1) is 16.8 Å². The minimum atomic E-state index is -3.44. The van der Waals surface area contributed by atoms with Gasteiger partial charge in [-0.15, -0.1) is 0 Å². The fourth-order valence-corrected chi connectivity index (χ4v) is 2.98. The monoisotopic (exact) mass is 384 g/mol. The van der Waals surface area contributed by atoms with E-state index in [9.17, 15) is 17.6 Å². The molecule has 0 saturated carbocycles. The Hall–Kier alpha value is -2.12. The Bertz CT molecular complexity index is 855. The van der Waals surface area contributed by atoms with Gasteiger partial charge < -0.3 is 5.32 Å². The molecule has 0 aromatic heterocycles. The van der Waals surface area contributed by atoms with Crippen molar-refractivity contribution < 1.29 is 17.6 Å². The van der Waals surface area contributed by atoms with E-state index in [-0.39, 0.29) is 28.0 Å². The summed E-state index contributed by atoms with van der Waals surface area (Å²) in [7, 11) is -3.44. The Morgan fingerprint density at radius 2 is 1.84 bits per heavy atom. The number of carbonyl (C=O) groups excluding carboxylic acids is 1. The average Bonchev–Trinajstić information content (AvgIpc) is 2.53. The molecule has 2 aromatic rings. The quantitative estimate of drug-likeness (QED) is 0.720. The summed E-state index contributed by atoms with van der Waals surface area (Å²) in [5, 5.41) is 2.97. The van der Waals surface area contributed by atoms with Crippen molar-refractivity contribution in [1.29, 1.82) is 0 Å². The highest BCUT2D eigenvalue weighted by Gasteiger charge is 2.12. The van der Waals surface area contributed by atoms with Crippen LogP contribution in [0.25, 0.3) is 0 Å². The Morgan fingerprint density at radius 1 is 1.16 bits per heavy atom. The summed E-state index contributed by atoms with van der Waals surface area (Å²) in [6, 6.07) is 10.5. The highest BCUT2D eigenvalue weighted by molar-refractivity contribution is 7.92. The lowest BCUT2D eigenvalue weighted by Crippen LogP contribution is -2.25. The van der Waals surface area contributed by atoms with E-state index in [1.165, 1.54) is 30.3 Å². The Labute approximate surface area is 151 Å². The van der Waals surface area contributed by atoms with Crippen LogP contribution in [0, 0.1) is 5.82 Å². The molecule has 1 amide bonds. The second-order valence-corrected chi connectivity index (χ2v) is 7.71. The number of benzene rings is 2. The highest BCUT2D eigenvalue weighted by atomic mass is 35.5. The minimum absolute atomic E-state index is 0.192. The van der Waals surface area contributed by atoms with Crippen molar-refractivity contribution in [2.45, 2.75) is 12.8 Å². The minimum Gasteiger partial charge on any atom is -0.352 e. The van der Waals surface area contributed by atoms with E-state index in [2.05, 4.69) is 10.0 Å². The zero-order chi connectivity index (χ0) is 18.4. The van der Waals surface area contributed by atoms with E-state index in [4.69, 9.17) is 11.6 Å². The summed E-state index contributed by atoms with van der Waals surface area (Å²) >= 11 is 6.01. The first-order valence-corrected chi connectivity index (χ1v) is 9.81. The van der Waals surface area contributed by atoms with Crippen LogP contribution in [0.3, 0.4) is 0 Å². The summed E-state index contributed by atoms with van der Waals surface area (Å²) < 4.78 is 37.7. The number of halogens is 2. The van der Waals surface area contributed by atoms with Crippen molar-refractivity contribution in [3.05, 3.63) is 64.4 Å². The van der Waals surface area contributed by atoms with Gasteiger partial charge in [-0.05, 0) is 48.7 Å². The Balaban J connectivity index is 1.91. The first kappa shape index (κ1) is 19.2. The fourth-order valence-electron chi connectivity index (χ4n) is 2.22. The van der Waals surface area contributed by atoms with Gasteiger partial charge in [-0.25, -0.2) is 12.8 Å². The number of hydrogen-bond acceptors (Lipinski definition) is 3. The van der Waals surface area contributed by atoms with Crippen LogP contribution in [0.15, 0.2) is 42.5 Å². The molecule has 0 radical (unpaired) electrons. The maximum absolute atomic E-state index is 12.8. The van der Waals surface area contributed by atoms with Crippen molar-refractivity contribution in [3.8, 4) is 0 Å². The van der Waals surface area contributed by atoms with Gasteiger partial charge in [-0.3, -0.25) is 9.52 Å². The lowest BCUT2D eigenvalue weighted by Gasteiger charge is -2.10. The topological polar surface area (TPSA) is 75.3 Å². The van der Waals surface area contributed by atoms with Crippen LogP contribution in [0.4, 0.5) is 10.1 Å². The third-order valence-corrected chi connectivity index (χ3v) is 4.29. The maximum atomic E-state index is 12.8. The SMILES string of the molecule is CS(=O)(=O)Nc1ccc(Cl)c(C(=O)NCCCc2ccc(F)cc2)c1. The molecule has 2 rings (SSSR count). The molecule has 25 heavy (non-hydrogen) atoms. The average molecular weight is 385 g/mol. The summed E-state index contributed by atoms with van der Waals surface area (Å²) in [6.07, 6.45) is 2.40. The molecular formula is C17H18ClFN2O3S. The number of nitrogens with one attached hydrogen (secondary N) is 2. The second kappa shape index (κ2) is 8.31. The predicted octanol–water partition coefficient (Wildman–Crippen LogP) is 3.21. The van der Waals surface area contributed by atoms with Gasteiger partial charge in [0.15, 0.2) is 0 Å². The molecule has 0 saturated heterocycles. The van der Waals surface area contributed by atoms with Crippen LogP contribution >= 0.6 is 11.6 Å². The van der Waals surface area contributed by atoms with E-state index in [0.717, 1.165) is 11.8 Å². The molecule has 0 unspecified atom stereocenters. The smallest absolute Gasteiger partial charge is 0.252 e. The van der Waals surface area contributed by atoms with Gasteiger partial charge in [-0.2, -0.15) is 0 Å². The summed E-state index contributed by atoms with van der Waals surface area (Å²) in [5.74, 6) is -0.671. The molecule has 0 bridgehead atoms. The molecule has 0 spiro atoms. The Kier molecular flexibility index (Phi) is 6.39. The van der Waals surface area contributed by atoms with E-state index in [1.54, 1.807) is 12.1 Å². The standard InChI is InChI=1S/C17H18ClFN2O3S/c1-25(23,24)21-14-8-9-16(18)15(11-14)17(22)20-10-2-3-12-4-6-13(19)7-5-12/h4-9,11,21H,2-3,10H2,1H3,(H,20,22). The summed E-state index contributed by atoms with van der Waals surface area (Å²) in [6.45, 7) is 0.413. The van der Waals surface area contributed by atoms with Gasteiger partial charge in [0.25, 0.3) is 5.91 Å². The molecule has 8 heteroatoms. The molecule has 5 nitrogen and oxygen atoms in total. The molecule has 0 atom stereocenters. The van der Waals surface area contributed by atoms with Crippen LogP contribution in [-0.4, -0.2) is 27.1 Å². The third kappa shape index (κ3) is 6.36. The Morgan fingerprint density at radius 3 is 2.48 bits per heavy atom. The van der Waals surface area contributed by atoms with E-state index in [1.807, 2.05) is 0 Å². The zero-order valence-electron chi connectivity index (χ0n) is 13.6. The number of hydrogen-bond donors (Lipinski definition) is 2. The lowest BCUT2D eigenvalue weighted by molar-refractivity contribution is 0.0953. The molecular weight excluding hydrogens is 367 g/mol. The number of sulfonamides is 1. The van der Waals surface area contributed by atoms with Crippen LogP contribution in [0.5, 0.6) is 0 Å². The molecule has 2 aromatic carbocycles. The largest absolute Gasteiger partial charge is 0.352 e. The maximum Gasteiger partial charge on any atom is 0.252 e. The zero-order valence-corrected chi connectivity index (χ0v) is 15.1. The van der Waals surface area contributed by atoms with Crippen molar-refractivity contribution >= 4 is 33.2 Å². The van der Waals surface area contributed by atoms with E-state index >= 15 is 0 Å². The van der Waals surface area contributed by atoms with Crippen molar-refractivity contribution in [2.24, 2.45) is 0 Å². The second-order valence-electron chi connectivity index (χ2n) is 5.55.